The first kappa shape index (κ1) is 10.0. The highest BCUT2D eigenvalue weighted by atomic mass is 35.5. The van der Waals surface area contributed by atoms with Crippen LogP contribution in [0.5, 0.6) is 0 Å². The Balaban J connectivity index is 2.08. The molecular weight excluding hydrogens is 198 g/mol. The van der Waals surface area contributed by atoms with Gasteiger partial charge in [-0.2, -0.15) is 0 Å². The minimum absolute atomic E-state index is 0.584. The minimum atomic E-state index is 0.584. The quantitative estimate of drug-likeness (QED) is 0.720. The number of nitrogens with zero attached hydrogens (tertiary/aromatic N) is 1. The van der Waals surface area contributed by atoms with Crippen molar-refractivity contribution in [2.75, 3.05) is 5.88 Å². The lowest BCUT2D eigenvalue weighted by Crippen LogP contribution is -2.00. The van der Waals surface area contributed by atoms with Crippen LogP contribution < -0.4 is 0 Å². The Labute approximate surface area is 89.7 Å². The van der Waals surface area contributed by atoms with Gasteiger partial charge in [-0.25, -0.2) is 4.98 Å². The van der Waals surface area contributed by atoms with Crippen molar-refractivity contribution in [3.8, 4) is 0 Å². The number of aryl methyl sites for hydroxylation is 1. The summed E-state index contributed by atoms with van der Waals surface area (Å²) in [6.45, 7) is 2.29. The molecule has 1 heterocycles. The second-order valence-corrected chi connectivity index (χ2v) is 4.49. The zero-order chi connectivity index (χ0) is 9.97. The van der Waals surface area contributed by atoms with Gasteiger partial charge in [0.05, 0.1) is 6.20 Å². The van der Waals surface area contributed by atoms with Crippen LogP contribution in [0.15, 0.2) is 10.6 Å². The average molecular weight is 214 g/mol. The summed E-state index contributed by atoms with van der Waals surface area (Å²) in [6, 6.07) is 0. The highest BCUT2D eigenvalue weighted by Gasteiger charge is 2.27. The second kappa shape index (κ2) is 4.35. The van der Waals surface area contributed by atoms with Gasteiger partial charge in [0, 0.05) is 18.2 Å². The first-order valence-corrected chi connectivity index (χ1v) is 5.85. The van der Waals surface area contributed by atoms with Gasteiger partial charge in [0.1, 0.15) is 5.76 Å². The molecule has 1 aliphatic carbocycles. The molecule has 2 atom stereocenters. The van der Waals surface area contributed by atoms with Crippen LogP contribution in [0.1, 0.15) is 43.8 Å². The van der Waals surface area contributed by atoms with Crippen LogP contribution in [0.2, 0.25) is 0 Å². The number of alkyl halides is 1. The third kappa shape index (κ3) is 1.95. The maximum atomic E-state index is 5.68. The number of rotatable bonds is 3. The van der Waals surface area contributed by atoms with E-state index in [0.717, 1.165) is 24.0 Å². The predicted molar refractivity (Wildman–Crippen MR) is 56.7 cm³/mol. The summed E-state index contributed by atoms with van der Waals surface area (Å²) in [5, 5.41) is 0. The average Bonchev–Trinajstić information content (AvgIpc) is 2.74. The smallest absolute Gasteiger partial charge is 0.195 e. The summed E-state index contributed by atoms with van der Waals surface area (Å²) in [5.74, 6) is 3.77. The van der Waals surface area contributed by atoms with Crippen molar-refractivity contribution in [2.24, 2.45) is 5.92 Å². The Morgan fingerprint density at radius 2 is 2.43 bits per heavy atom. The lowest BCUT2D eigenvalue weighted by atomic mass is 9.96. The molecule has 3 heteroatoms. The number of hydrogen-bond donors (Lipinski definition) is 0. The largest absolute Gasteiger partial charge is 0.445 e. The number of aromatic nitrogens is 1. The van der Waals surface area contributed by atoms with Gasteiger partial charge in [-0.05, 0) is 18.8 Å². The summed E-state index contributed by atoms with van der Waals surface area (Å²) >= 11 is 5.63. The van der Waals surface area contributed by atoms with Crippen molar-refractivity contribution in [1.82, 2.24) is 4.98 Å². The van der Waals surface area contributed by atoms with Gasteiger partial charge in [0.25, 0.3) is 0 Å². The van der Waals surface area contributed by atoms with Gasteiger partial charge < -0.3 is 4.42 Å². The van der Waals surface area contributed by atoms with E-state index in [2.05, 4.69) is 11.9 Å². The van der Waals surface area contributed by atoms with Crippen LogP contribution >= 0.6 is 11.6 Å². The first-order chi connectivity index (χ1) is 6.81. The van der Waals surface area contributed by atoms with Crippen LogP contribution in [0.3, 0.4) is 0 Å². The Bertz CT molecular complexity index is 297. The van der Waals surface area contributed by atoms with Gasteiger partial charge in [-0.3, -0.25) is 0 Å². The van der Waals surface area contributed by atoms with Gasteiger partial charge in [-0.15, -0.1) is 11.6 Å². The van der Waals surface area contributed by atoms with E-state index in [9.17, 15) is 0 Å². The fraction of sp³-hybridized carbons (Fsp3) is 0.727. The molecule has 1 aromatic heterocycles. The van der Waals surface area contributed by atoms with Crippen molar-refractivity contribution in [3.63, 3.8) is 0 Å². The normalized spacial score (nSPS) is 27.0. The third-order valence-electron chi connectivity index (χ3n) is 3.11. The fourth-order valence-corrected chi connectivity index (χ4v) is 2.42. The van der Waals surface area contributed by atoms with Crippen molar-refractivity contribution in [3.05, 3.63) is 17.8 Å². The fourth-order valence-electron chi connectivity index (χ4n) is 2.26. The van der Waals surface area contributed by atoms with E-state index in [1.165, 1.54) is 19.3 Å². The summed E-state index contributed by atoms with van der Waals surface area (Å²) in [6.07, 6.45) is 6.50. The number of halogens is 1. The summed E-state index contributed by atoms with van der Waals surface area (Å²) in [7, 11) is 0. The van der Waals surface area contributed by atoms with Gasteiger partial charge >= 0.3 is 0 Å². The first-order valence-electron chi connectivity index (χ1n) is 5.32. The van der Waals surface area contributed by atoms with Crippen molar-refractivity contribution < 1.29 is 4.42 Å². The van der Waals surface area contributed by atoms with E-state index in [1.54, 1.807) is 0 Å². The second-order valence-electron chi connectivity index (χ2n) is 4.11. The van der Waals surface area contributed by atoms with Crippen LogP contribution in [-0.4, -0.2) is 10.9 Å². The van der Waals surface area contributed by atoms with E-state index in [0.29, 0.717) is 11.8 Å². The molecule has 14 heavy (non-hydrogen) atoms. The molecule has 2 rings (SSSR count). The maximum Gasteiger partial charge on any atom is 0.195 e. The molecule has 0 bridgehead atoms. The molecule has 0 amide bonds. The monoisotopic (exact) mass is 213 g/mol. The van der Waals surface area contributed by atoms with Crippen LogP contribution in [0, 0.1) is 5.92 Å². The SMILES string of the molecule is CC1CCCC1c1cnc(CCCl)o1. The van der Waals surface area contributed by atoms with Crippen molar-refractivity contribution in [1.29, 1.82) is 0 Å². The molecule has 2 unspecified atom stereocenters. The lowest BCUT2D eigenvalue weighted by molar-refractivity contribution is 0.392. The summed E-state index contributed by atoms with van der Waals surface area (Å²) < 4.78 is 5.68. The molecule has 1 fully saturated rings. The highest BCUT2D eigenvalue weighted by Crippen LogP contribution is 2.39. The standard InChI is InChI=1S/C11H16ClNO/c1-8-3-2-4-9(8)10-7-13-11(14-10)5-6-12/h7-9H,2-6H2,1H3. The maximum absolute atomic E-state index is 5.68. The molecule has 0 N–H and O–H groups in total. The Hall–Kier alpha value is -0.500. The number of hydrogen-bond acceptors (Lipinski definition) is 2. The van der Waals surface area contributed by atoms with Crippen LogP contribution in [0.25, 0.3) is 0 Å². The molecule has 2 nitrogen and oxygen atoms in total. The molecular formula is C11H16ClNO. The van der Waals surface area contributed by atoms with Gasteiger partial charge in [0.2, 0.25) is 0 Å². The van der Waals surface area contributed by atoms with E-state index in [1.807, 2.05) is 6.20 Å². The number of oxazole rings is 1. The topological polar surface area (TPSA) is 26.0 Å². The Kier molecular flexibility index (Phi) is 3.12. The molecule has 78 valence electrons. The minimum Gasteiger partial charge on any atom is -0.445 e. The van der Waals surface area contributed by atoms with E-state index in [4.69, 9.17) is 16.0 Å². The molecule has 0 saturated heterocycles. The van der Waals surface area contributed by atoms with Crippen molar-refractivity contribution >= 4 is 11.6 Å². The van der Waals surface area contributed by atoms with Crippen LogP contribution in [-0.2, 0) is 6.42 Å². The Morgan fingerprint density at radius 1 is 1.57 bits per heavy atom. The molecule has 1 saturated carbocycles. The molecule has 0 radical (unpaired) electrons. The van der Waals surface area contributed by atoms with Gasteiger partial charge in [-0.1, -0.05) is 13.3 Å². The van der Waals surface area contributed by atoms with Crippen molar-refractivity contribution in [2.45, 2.75) is 38.5 Å². The lowest BCUT2D eigenvalue weighted by Gasteiger charge is -2.10. The molecule has 1 aromatic rings. The van der Waals surface area contributed by atoms with Crippen LogP contribution in [0.4, 0.5) is 0 Å². The zero-order valence-corrected chi connectivity index (χ0v) is 9.26. The molecule has 1 aliphatic rings. The summed E-state index contributed by atoms with van der Waals surface area (Å²) in [4.78, 5) is 4.23. The van der Waals surface area contributed by atoms with E-state index < -0.39 is 0 Å². The third-order valence-corrected chi connectivity index (χ3v) is 3.30. The predicted octanol–water partition coefficient (Wildman–Crippen LogP) is 3.36. The molecule has 0 spiro atoms. The Morgan fingerprint density at radius 3 is 3.07 bits per heavy atom. The van der Waals surface area contributed by atoms with E-state index >= 15 is 0 Å². The zero-order valence-electron chi connectivity index (χ0n) is 8.50. The molecule has 0 aromatic carbocycles. The van der Waals surface area contributed by atoms with E-state index in [-0.39, 0.29) is 0 Å². The highest BCUT2D eigenvalue weighted by molar-refractivity contribution is 6.17. The van der Waals surface area contributed by atoms with Gasteiger partial charge in [0.15, 0.2) is 5.89 Å². The summed E-state index contributed by atoms with van der Waals surface area (Å²) in [5.41, 5.74) is 0. The molecule has 0 aliphatic heterocycles.